The Balaban J connectivity index is 1.92. The van der Waals surface area contributed by atoms with Gasteiger partial charge in [-0.3, -0.25) is 4.79 Å². The van der Waals surface area contributed by atoms with E-state index in [-0.39, 0.29) is 16.6 Å². The lowest BCUT2D eigenvalue weighted by molar-refractivity contribution is 0.277. The van der Waals surface area contributed by atoms with Gasteiger partial charge in [-0.05, 0) is 24.3 Å². The van der Waals surface area contributed by atoms with Crippen LogP contribution in [0, 0.1) is 5.92 Å². The molecule has 1 aromatic heterocycles. The summed E-state index contributed by atoms with van der Waals surface area (Å²) >= 11 is 6.16. The summed E-state index contributed by atoms with van der Waals surface area (Å²) in [6, 6.07) is 10.5. The molecule has 1 aromatic carbocycles. The van der Waals surface area contributed by atoms with Crippen LogP contribution in [0.1, 0.15) is 30.9 Å². The molecule has 0 aliphatic heterocycles. The molecule has 1 unspecified atom stereocenters. The highest BCUT2D eigenvalue weighted by molar-refractivity contribution is 6.32. The molecular weight excluding hydrogens is 286 g/mol. The zero-order valence-electron chi connectivity index (χ0n) is 11.9. The van der Waals surface area contributed by atoms with Gasteiger partial charge in [-0.25, -0.2) is 4.68 Å². The van der Waals surface area contributed by atoms with Crippen LogP contribution >= 0.6 is 11.6 Å². The van der Waals surface area contributed by atoms with Gasteiger partial charge in [0.2, 0.25) is 0 Å². The fraction of sp³-hybridized carbons (Fsp3) is 0.375. The Kier molecular flexibility index (Phi) is 3.97. The number of hydrogen-bond acceptors (Lipinski definition) is 3. The Hall–Kier alpha value is -1.81. The molecule has 0 bridgehead atoms. The van der Waals surface area contributed by atoms with Crippen molar-refractivity contribution in [3.8, 4) is 0 Å². The predicted molar refractivity (Wildman–Crippen MR) is 84.6 cm³/mol. The third-order valence-electron chi connectivity index (χ3n) is 4.17. The van der Waals surface area contributed by atoms with Gasteiger partial charge in [0.15, 0.2) is 0 Å². The van der Waals surface area contributed by atoms with Gasteiger partial charge < -0.3 is 5.32 Å². The summed E-state index contributed by atoms with van der Waals surface area (Å²) in [5.41, 5.74) is 1.56. The molecule has 1 atom stereocenters. The molecule has 21 heavy (non-hydrogen) atoms. The van der Waals surface area contributed by atoms with Crippen molar-refractivity contribution >= 4 is 17.3 Å². The van der Waals surface area contributed by atoms with Crippen LogP contribution in [-0.2, 0) is 7.05 Å². The minimum atomic E-state index is -0.276. The van der Waals surface area contributed by atoms with Crippen molar-refractivity contribution in [1.29, 1.82) is 0 Å². The first kappa shape index (κ1) is 14.1. The van der Waals surface area contributed by atoms with Gasteiger partial charge in [-0.2, -0.15) is 5.10 Å². The lowest BCUT2D eigenvalue weighted by Crippen LogP contribution is -2.28. The molecule has 1 heterocycles. The maximum Gasteiger partial charge on any atom is 0.287 e. The molecule has 1 aliphatic rings. The quantitative estimate of drug-likeness (QED) is 0.942. The maximum absolute atomic E-state index is 11.9. The van der Waals surface area contributed by atoms with Crippen molar-refractivity contribution in [1.82, 2.24) is 9.78 Å². The van der Waals surface area contributed by atoms with Gasteiger partial charge in [0.1, 0.15) is 5.02 Å². The molecule has 1 fully saturated rings. The van der Waals surface area contributed by atoms with Gasteiger partial charge in [-0.15, -0.1) is 0 Å². The Labute approximate surface area is 128 Å². The standard InChI is InChI=1S/C16H18ClN3O/c1-20-16(21)14(17)13(10-18-20)19-15(12-8-5-9-12)11-6-3-2-4-7-11/h2-4,6-7,10,12,15,19H,5,8-9H2,1H3. The molecule has 0 amide bonds. The summed E-state index contributed by atoms with van der Waals surface area (Å²) in [5.74, 6) is 0.576. The summed E-state index contributed by atoms with van der Waals surface area (Å²) in [6.07, 6.45) is 5.28. The Morgan fingerprint density at radius 2 is 2.05 bits per heavy atom. The minimum absolute atomic E-state index is 0.173. The molecule has 1 saturated carbocycles. The highest BCUT2D eigenvalue weighted by atomic mass is 35.5. The molecule has 0 spiro atoms. The third-order valence-corrected chi connectivity index (χ3v) is 4.53. The van der Waals surface area contributed by atoms with Crippen LogP contribution in [-0.4, -0.2) is 9.78 Å². The van der Waals surface area contributed by atoms with Gasteiger partial charge >= 0.3 is 0 Å². The van der Waals surface area contributed by atoms with Crippen LogP contribution in [0.25, 0.3) is 0 Å². The molecule has 4 nitrogen and oxygen atoms in total. The van der Waals surface area contributed by atoms with Crippen molar-refractivity contribution in [3.05, 3.63) is 57.5 Å². The van der Waals surface area contributed by atoms with E-state index in [9.17, 15) is 4.79 Å². The van der Waals surface area contributed by atoms with Crippen molar-refractivity contribution in [3.63, 3.8) is 0 Å². The fourth-order valence-electron chi connectivity index (χ4n) is 2.69. The lowest BCUT2D eigenvalue weighted by atomic mass is 9.77. The number of hydrogen-bond donors (Lipinski definition) is 1. The largest absolute Gasteiger partial charge is 0.375 e. The number of rotatable bonds is 4. The van der Waals surface area contributed by atoms with E-state index in [0.29, 0.717) is 11.6 Å². The zero-order valence-corrected chi connectivity index (χ0v) is 12.7. The van der Waals surface area contributed by atoms with E-state index in [1.165, 1.54) is 29.5 Å². The van der Waals surface area contributed by atoms with E-state index in [2.05, 4.69) is 22.5 Å². The van der Waals surface area contributed by atoms with Crippen molar-refractivity contribution in [2.24, 2.45) is 13.0 Å². The minimum Gasteiger partial charge on any atom is -0.375 e. The molecular formula is C16H18ClN3O. The average Bonchev–Trinajstić information content (AvgIpc) is 2.46. The number of nitrogens with one attached hydrogen (secondary N) is 1. The van der Waals surface area contributed by atoms with Gasteiger partial charge in [0.25, 0.3) is 5.56 Å². The third kappa shape index (κ3) is 2.81. The molecule has 0 saturated heterocycles. The molecule has 3 rings (SSSR count). The topological polar surface area (TPSA) is 46.9 Å². The van der Waals surface area contributed by atoms with Crippen LogP contribution in [0.5, 0.6) is 0 Å². The highest BCUT2D eigenvalue weighted by Crippen LogP contribution is 2.40. The maximum atomic E-state index is 11.9. The van der Waals surface area contributed by atoms with Crippen LogP contribution < -0.4 is 10.9 Å². The second-order valence-corrected chi connectivity index (χ2v) is 5.90. The van der Waals surface area contributed by atoms with Gasteiger partial charge in [0, 0.05) is 7.05 Å². The summed E-state index contributed by atoms with van der Waals surface area (Å²) in [5, 5.41) is 7.67. The monoisotopic (exact) mass is 303 g/mol. The summed E-state index contributed by atoms with van der Waals surface area (Å²) < 4.78 is 1.24. The van der Waals surface area contributed by atoms with Crippen LogP contribution in [0.4, 0.5) is 5.69 Å². The van der Waals surface area contributed by atoms with Gasteiger partial charge in [0.05, 0.1) is 17.9 Å². The summed E-state index contributed by atoms with van der Waals surface area (Å²) in [7, 11) is 1.60. The van der Waals surface area contributed by atoms with Crippen molar-refractivity contribution in [2.75, 3.05) is 5.32 Å². The first-order chi connectivity index (χ1) is 10.2. The van der Waals surface area contributed by atoms with Crippen molar-refractivity contribution < 1.29 is 0 Å². The predicted octanol–water partition coefficient (Wildman–Crippen LogP) is 3.39. The second kappa shape index (κ2) is 5.90. The van der Waals surface area contributed by atoms with Crippen LogP contribution in [0.3, 0.4) is 0 Å². The number of benzene rings is 1. The van der Waals surface area contributed by atoms with Crippen molar-refractivity contribution in [2.45, 2.75) is 25.3 Å². The summed E-state index contributed by atoms with van der Waals surface area (Å²) in [6.45, 7) is 0. The van der Waals surface area contributed by atoms with Crippen LogP contribution in [0.15, 0.2) is 41.3 Å². The lowest BCUT2D eigenvalue weighted by Gasteiger charge is -2.35. The summed E-state index contributed by atoms with van der Waals surface area (Å²) in [4.78, 5) is 11.9. The molecule has 1 aliphatic carbocycles. The first-order valence-corrected chi connectivity index (χ1v) is 7.58. The Morgan fingerprint density at radius 1 is 1.33 bits per heavy atom. The number of aromatic nitrogens is 2. The number of halogens is 1. The fourth-order valence-corrected chi connectivity index (χ4v) is 2.91. The van der Waals surface area contributed by atoms with E-state index >= 15 is 0 Å². The van der Waals surface area contributed by atoms with Crippen LogP contribution in [0.2, 0.25) is 5.02 Å². The number of anilines is 1. The smallest absolute Gasteiger partial charge is 0.287 e. The molecule has 1 N–H and O–H groups in total. The van der Waals surface area contributed by atoms with E-state index in [1.54, 1.807) is 13.2 Å². The zero-order chi connectivity index (χ0) is 14.8. The number of aryl methyl sites for hydroxylation is 1. The Bertz CT molecular complexity index is 680. The van der Waals surface area contributed by atoms with E-state index < -0.39 is 0 Å². The Morgan fingerprint density at radius 3 is 2.67 bits per heavy atom. The van der Waals surface area contributed by atoms with Gasteiger partial charge in [-0.1, -0.05) is 48.4 Å². The van der Waals surface area contributed by atoms with E-state index in [0.717, 1.165) is 0 Å². The molecule has 110 valence electrons. The SMILES string of the molecule is Cn1ncc(NC(c2ccccc2)C2CCC2)c(Cl)c1=O. The van der Waals surface area contributed by atoms with E-state index in [1.807, 2.05) is 18.2 Å². The second-order valence-electron chi connectivity index (χ2n) is 5.52. The first-order valence-electron chi connectivity index (χ1n) is 7.20. The molecule has 0 radical (unpaired) electrons. The molecule has 2 aromatic rings. The van der Waals surface area contributed by atoms with E-state index in [4.69, 9.17) is 11.6 Å². The average molecular weight is 304 g/mol. The highest BCUT2D eigenvalue weighted by Gasteiger charge is 2.29. The normalized spacial score (nSPS) is 16.3. The molecule has 5 heteroatoms. The number of nitrogens with zero attached hydrogens (tertiary/aromatic N) is 2.